The molecule has 1 aliphatic carbocycles. The van der Waals surface area contributed by atoms with Gasteiger partial charge >= 0.3 is 5.97 Å². The van der Waals surface area contributed by atoms with Gasteiger partial charge in [0.25, 0.3) is 0 Å². The molecule has 4 nitrogen and oxygen atoms in total. The molecule has 1 saturated heterocycles. The van der Waals surface area contributed by atoms with E-state index in [1.54, 1.807) is 0 Å². The molecule has 1 aliphatic heterocycles. The Labute approximate surface area is 122 Å². The van der Waals surface area contributed by atoms with Crippen LogP contribution in [0.1, 0.15) is 65.2 Å². The van der Waals surface area contributed by atoms with Crippen molar-refractivity contribution in [3.05, 3.63) is 0 Å². The topological polar surface area (TPSA) is 52.6 Å². The number of carboxylic acid groups (broad SMARTS) is 1. The normalized spacial score (nSPS) is 26.3. The van der Waals surface area contributed by atoms with Crippen LogP contribution >= 0.6 is 0 Å². The Kier molecular flexibility index (Phi) is 5.44. The first-order valence-corrected chi connectivity index (χ1v) is 8.26. The fraction of sp³-hybridized carbons (Fsp3) is 0.938. The number of carboxylic acids is 1. The number of hydrogen-bond acceptors (Lipinski definition) is 3. The quantitative estimate of drug-likeness (QED) is 0.786. The van der Waals surface area contributed by atoms with E-state index in [1.165, 1.54) is 32.1 Å². The van der Waals surface area contributed by atoms with Gasteiger partial charge in [0.05, 0.1) is 0 Å². The van der Waals surface area contributed by atoms with Gasteiger partial charge in [-0.15, -0.1) is 0 Å². The van der Waals surface area contributed by atoms with E-state index in [1.807, 2.05) is 6.92 Å². The van der Waals surface area contributed by atoms with Crippen molar-refractivity contribution in [1.82, 2.24) is 10.2 Å². The summed E-state index contributed by atoms with van der Waals surface area (Å²) >= 11 is 0. The average molecular weight is 282 g/mol. The first kappa shape index (κ1) is 15.8. The van der Waals surface area contributed by atoms with Crippen LogP contribution in [-0.4, -0.2) is 46.7 Å². The molecule has 116 valence electrons. The molecule has 0 aromatic rings. The molecule has 1 heterocycles. The molecule has 2 N–H and O–H groups in total. The molecule has 4 heteroatoms. The summed E-state index contributed by atoms with van der Waals surface area (Å²) < 4.78 is 0. The lowest BCUT2D eigenvalue weighted by atomic mass is 9.92. The van der Waals surface area contributed by atoms with Crippen LogP contribution in [-0.2, 0) is 4.79 Å². The zero-order valence-corrected chi connectivity index (χ0v) is 13.0. The van der Waals surface area contributed by atoms with Crippen molar-refractivity contribution < 1.29 is 9.90 Å². The Bertz CT molecular complexity index is 322. The van der Waals surface area contributed by atoms with Gasteiger partial charge in [-0.05, 0) is 59.0 Å². The predicted octanol–water partition coefficient (Wildman–Crippen LogP) is 2.63. The molecule has 20 heavy (non-hydrogen) atoms. The lowest BCUT2D eigenvalue weighted by Crippen LogP contribution is -2.54. The number of likely N-dealkylation sites (tertiary alicyclic amines) is 1. The van der Waals surface area contributed by atoms with Gasteiger partial charge in [-0.25, -0.2) is 0 Å². The van der Waals surface area contributed by atoms with Crippen molar-refractivity contribution in [2.24, 2.45) is 0 Å². The monoisotopic (exact) mass is 282 g/mol. The Morgan fingerprint density at radius 2 is 1.80 bits per heavy atom. The summed E-state index contributed by atoms with van der Waals surface area (Å²) in [4.78, 5) is 14.1. The molecular formula is C16H30N2O2. The minimum absolute atomic E-state index is 0.334. The maximum absolute atomic E-state index is 11.6. The molecule has 0 aromatic heterocycles. The number of aliphatic carboxylic acids is 1. The van der Waals surface area contributed by atoms with Crippen LogP contribution in [0.2, 0.25) is 0 Å². The van der Waals surface area contributed by atoms with Crippen molar-refractivity contribution in [3.8, 4) is 0 Å². The minimum Gasteiger partial charge on any atom is -0.480 e. The van der Waals surface area contributed by atoms with Gasteiger partial charge in [-0.2, -0.15) is 0 Å². The van der Waals surface area contributed by atoms with Crippen LogP contribution in [0.3, 0.4) is 0 Å². The Morgan fingerprint density at radius 1 is 1.25 bits per heavy atom. The molecule has 2 fully saturated rings. The zero-order valence-electron chi connectivity index (χ0n) is 13.0. The highest BCUT2D eigenvalue weighted by Gasteiger charge is 2.40. The SMILES string of the molecule is CC(CC(C)(NC1CC1)C(=O)O)N1CCCCCCC1. The molecule has 2 aliphatic rings. The van der Waals surface area contributed by atoms with E-state index < -0.39 is 11.5 Å². The lowest BCUT2D eigenvalue weighted by molar-refractivity contribution is -0.145. The van der Waals surface area contributed by atoms with E-state index in [9.17, 15) is 9.90 Å². The summed E-state index contributed by atoms with van der Waals surface area (Å²) in [6, 6.07) is 0.760. The maximum atomic E-state index is 11.6. The minimum atomic E-state index is -0.775. The smallest absolute Gasteiger partial charge is 0.323 e. The maximum Gasteiger partial charge on any atom is 0.323 e. The second kappa shape index (κ2) is 6.90. The zero-order chi connectivity index (χ0) is 14.6. The van der Waals surface area contributed by atoms with Crippen LogP contribution in [0.4, 0.5) is 0 Å². The molecule has 0 radical (unpaired) electrons. The van der Waals surface area contributed by atoms with E-state index in [0.29, 0.717) is 18.5 Å². The first-order valence-electron chi connectivity index (χ1n) is 8.26. The average Bonchev–Trinajstić information content (AvgIpc) is 3.11. The van der Waals surface area contributed by atoms with Gasteiger partial charge in [-0.1, -0.05) is 19.3 Å². The number of hydrogen-bond donors (Lipinski definition) is 2. The van der Waals surface area contributed by atoms with E-state index in [0.717, 1.165) is 25.9 Å². The fourth-order valence-corrected chi connectivity index (χ4v) is 3.32. The van der Waals surface area contributed by atoms with Gasteiger partial charge < -0.3 is 10.0 Å². The molecule has 0 aromatic carbocycles. The Balaban J connectivity index is 1.91. The van der Waals surface area contributed by atoms with E-state index in [4.69, 9.17) is 0 Å². The summed E-state index contributed by atoms with van der Waals surface area (Å²) in [5.41, 5.74) is -0.775. The fourth-order valence-electron chi connectivity index (χ4n) is 3.32. The van der Waals surface area contributed by atoms with Crippen LogP contribution in [0, 0.1) is 0 Å². The predicted molar refractivity (Wildman–Crippen MR) is 80.9 cm³/mol. The molecule has 0 bridgehead atoms. The van der Waals surface area contributed by atoms with Crippen molar-refractivity contribution in [2.75, 3.05) is 13.1 Å². The van der Waals surface area contributed by atoms with Crippen molar-refractivity contribution in [2.45, 2.75) is 82.8 Å². The van der Waals surface area contributed by atoms with Gasteiger partial charge in [-0.3, -0.25) is 10.1 Å². The molecule has 2 unspecified atom stereocenters. The van der Waals surface area contributed by atoms with E-state index >= 15 is 0 Å². The third-order valence-electron chi connectivity index (χ3n) is 4.79. The Hall–Kier alpha value is -0.610. The second-order valence-electron chi connectivity index (χ2n) is 6.91. The van der Waals surface area contributed by atoms with Gasteiger partial charge in [0, 0.05) is 12.1 Å². The van der Waals surface area contributed by atoms with Crippen LogP contribution in [0.15, 0.2) is 0 Å². The largest absolute Gasteiger partial charge is 0.480 e. The Morgan fingerprint density at radius 3 is 2.30 bits per heavy atom. The van der Waals surface area contributed by atoms with Crippen LogP contribution in [0.5, 0.6) is 0 Å². The number of nitrogens with one attached hydrogen (secondary N) is 1. The summed E-state index contributed by atoms with van der Waals surface area (Å²) in [7, 11) is 0. The van der Waals surface area contributed by atoms with Crippen LogP contribution in [0.25, 0.3) is 0 Å². The summed E-state index contributed by atoms with van der Waals surface area (Å²) in [6.07, 6.45) is 9.45. The van der Waals surface area contributed by atoms with Gasteiger partial charge in [0.15, 0.2) is 0 Å². The molecule has 0 amide bonds. The lowest BCUT2D eigenvalue weighted by Gasteiger charge is -2.36. The number of carbonyl (C=O) groups is 1. The summed E-state index contributed by atoms with van der Waals surface area (Å²) in [5, 5.41) is 12.9. The standard InChI is InChI=1S/C16H30N2O2/c1-13(18-10-6-4-3-5-7-11-18)12-16(2,15(19)20)17-14-8-9-14/h13-14,17H,3-12H2,1-2H3,(H,19,20). The second-order valence-corrected chi connectivity index (χ2v) is 6.91. The van der Waals surface area contributed by atoms with Gasteiger partial charge in [0.2, 0.25) is 0 Å². The molecule has 0 spiro atoms. The number of nitrogens with zero attached hydrogens (tertiary/aromatic N) is 1. The van der Waals surface area contributed by atoms with Crippen LogP contribution < -0.4 is 5.32 Å². The highest BCUT2D eigenvalue weighted by atomic mass is 16.4. The third-order valence-corrected chi connectivity index (χ3v) is 4.79. The van der Waals surface area contributed by atoms with E-state index in [2.05, 4.69) is 17.1 Å². The molecule has 2 rings (SSSR count). The summed E-state index contributed by atoms with van der Waals surface area (Å²) in [5.74, 6) is -0.705. The highest BCUT2D eigenvalue weighted by Crippen LogP contribution is 2.26. The molecule has 1 saturated carbocycles. The third kappa shape index (κ3) is 4.45. The summed E-state index contributed by atoms with van der Waals surface area (Å²) in [6.45, 7) is 6.30. The number of rotatable bonds is 6. The molecular weight excluding hydrogens is 252 g/mol. The molecule has 2 atom stereocenters. The van der Waals surface area contributed by atoms with Crippen molar-refractivity contribution >= 4 is 5.97 Å². The van der Waals surface area contributed by atoms with Crippen molar-refractivity contribution in [3.63, 3.8) is 0 Å². The van der Waals surface area contributed by atoms with Gasteiger partial charge in [0.1, 0.15) is 5.54 Å². The van der Waals surface area contributed by atoms with E-state index in [-0.39, 0.29) is 0 Å². The highest BCUT2D eigenvalue weighted by molar-refractivity contribution is 5.78. The van der Waals surface area contributed by atoms with Crippen molar-refractivity contribution in [1.29, 1.82) is 0 Å². The first-order chi connectivity index (χ1) is 9.51.